The maximum absolute atomic E-state index is 11.8. The van der Waals surface area contributed by atoms with Gasteiger partial charge in [0.2, 0.25) is 0 Å². The van der Waals surface area contributed by atoms with Crippen LogP contribution in [0.1, 0.15) is 18.4 Å². The van der Waals surface area contributed by atoms with Crippen molar-refractivity contribution in [1.29, 1.82) is 0 Å². The maximum Gasteiger partial charge on any atom is 0.319 e. The molecule has 0 bridgehead atoms. The number of hydrogen-bond acceptors (Lipinski definition) is 3. The van der Waals surface area contributed by atoms with E-state index in [1.807, 2.05) is 0 Å². The molecule has 0 saturated carbocycles. The van der Waals surface area contributed by atoms with E-state index in [1.165, 1.54) is 0 Å². The van der Waals surface area contributed by atoms with Gasteiger partial charge in [0.05, 0.1) is 13.0 Å². The van der Waals surface area contributed by atoms with Crippen molar-refractivity contribution in [3.05, 3.63) is 29.8 Å². The van der Waals surface area contributed by atoms with Gasteiger partial charge in [-0.05, 0) is 36.5 Å². The number of carbonyl (C=O) groups is 2. The van der Waals surface area contributed by atoms with Crippen molar-refractivity contribution in [2.24, 2.45) is 5.92 Å². The predicted octanol–water partition coefficient (Wildman–Crippen LogP) is 1.86. The van der Waals surface area contributed by atoms with Gasteiger partial charge in [-0.15, -0.1) is 0 Å². The SMILES string of the molecule is O=C(O)Cc1ccc(NC(=O)NCC2CCCOC2)cc1. The third-order valence-electron chi connectivity index (χ3n) is 3.37. The van der Waals surface area contributed by atoms with E-state index in [-0.39, 0.29) is 12.5 Å². The average molecular weight is 292 g/mol. The van der Waals surface area contributed by atoms with Crippen LogP contribution in [0.3, 0.4) is 0 Å². The molecule has 3 N–H and O–H groups in total. The highest BCUT2D eigenvalue weighted by atomic mass is 16.5. The number of aliphatic carboxylic acids is 1. The zero-order chi connectivity index (χ0) is 15.1. The first kappa shape index (κ1) is 15.3. The van der Waals surface area contributed by atoms with Crippen molar-refractivity contribution in [3.63, 3.8) is 0 Å². The van der Waals surface area contributed by atoms with Gasteiger partial charge in [0, 0.05) is 18.8 Å². The summed E-state index contributed by atoms with van der Waals surface area (Å²) in [6.45, 7) is 2.11. The fourth-order valence-electron chi connectivity index (χ4n) is 2.26. The highest BCUT2D eigenvalue weighted by molar-refractivity contribution is 5.89. The van der Waals surface area contributed by atoms with Crippen LogP contribution in [0.5, 0.6) is 0 Å². The number of hydrogen-bond donors (Lipinski definition) is 3. The van der Waals surface area contributed by atoms with E-state index in [1.54, 1.807) is 24.3 Å². The van der Waals surface area contributed by atoms with Crippen LogP contribution in [0.4, 0.5) is 10.5 Å². The standard InChI is InChI=1S/C15H20N2O4/c18-14(19)8-11-3-5-13(6-4-11)17-15(20)16-9-12-2-1-7-21-10-12/h3-6,12H,1-2,7-10H2,(H,18,19)(H2,16,17,20). The highest BCUT2D eigenvalue weighted by Gasteiger charge is 2.14. The van der Waals surface area contributed by atoms with Crippen LogP contribution >= 0.6 is 0 Å². The number of urea groups is 1. The van der Waals surface area contributed by atoms with Crippen molar-refractivity contribution < 1.29 is 19.4 Å². The van der Waals surface area contributed by atoms with Gasteiger partial charge in [-0.1, -0.05) is 12.1 Å². The fourth-order valence-corrected chi connectivity index (χ4v) is 2.26. The largest absolute Gasteiger partial charge is 0.481 e. The van der Waals surface area contributed by atoms with Gasteiger partial charge < -0.3 is 20.5 Å². The minimum atomic E-state index is -0.872. The minimum absolute atomic E-state index is 0.0197. The Balaban J connectivity index is 1.75. The van der Waals surface area contributed by atoms with Crippen molar-refractivity contribution in [2.75, 3.05) is 25.1 Å². The number of rotatable bonds is 5. The molecule has 21 heavy (non-hydrogen) atoms. The van der Waals surface area contributed by atoms with Gasteiger partial charge in [0.15, 0.2) is 0 Å². The van der Waals surface area contributed by atoms with Crippen LogP contribution in [0.2, 0.25) is 0 Å². The average Bonchev–Trinajstić information content (AvgIpc) is 2.48. The van der Waals surface area contributed by atoms with Crippen LogP contribution in [-0.2, 0) is 16.0 Å². The van der Waals surface area contributed by atoms with Crippen molar-refractivity contribution in [3.8, 4) is 0 Å². The summed E-state index contributed by atoms with van der Waals surface area (Å²) in [6, 6.07) is 6.52. The Morgan fingerprint density at radius 1 is 1.29 bits per heavy atom. The molecule has 0 aliphatic carbocycles. The second-order valence-corrected chi connectivity index (χ2v) is 5.19. The molecule has 1 aromatic rings. The summed E-state index contributed by atoms with van der Waals surface area (Å²) >= 11 is 0. The molecule has 1 heterocycles. The Kier molecular flexibility index (Phi) is 5.57. The Hall–Kier alpha value is -2.08. The number of nitrogens with one attached hydrogen (secondary N) is 2. The molecule has 6 nitrogen and oxygen atoms in total. The molecule has 1 aliphatic rings. The molecule has 114 valence electrons. The lowest BCUT2D eigenvalue weighted by atomic mass is 10.0. The van der Waals surface area contributed by atoms with Gasteiger partial charge in [0.25, 0.3) is 0 Å². The lowest BCUT2D eigenvalue weighted by Gasteiger charge is -2.22. The van der Waals surface area contributed by atoms with E-state index in [0.717, 1.165) is 19.4 Å². The van der Waals surface area contributed by atoms with Crippen molar-refractivity contribution >= 4 is 17.7 Å². The van der Waals surface area contributed by atoms with E-state index in [0.29, 0.717) is 30.3 Å². The molecular formula is C15H20N2O4. The third kappa shape index (κ3) is 5.43. The molecule has 0 aromatic heterocycles. The van der Waals surface area contributed by atoms with E-state index in [2.05, 4.69) is 10.6 Å². The summed E-state index contributed by atoms with van der Waals surface area (Å²) in [6.07, 6.45) is 2.09. The van der Waals surface area contributed by atoms with E-state index < -0.39 is 5.97 Å². The molecular weight excluding hydrogens is 272 g/mol. The normalized spacial score (nSPS) is 18.0. The van der Waals surface area contributed by atoms with Crippen LogP contribution in [-0.4, -0.2) is 36.9 Å². The van der Waals surface area contributed by atoms with Gasteiger partial charge in [0.1, 0.15) is 0 Å². The van der Waals surface area contributed by atoms with Crippen LogP contribution in [0, 0.1) is 5.92 Å². The van der Waals surface area contributed by atoms with E-state index in [9.17, 15) is 9.59 Å². The van der Waals surface area contributed by atoms with E-state index >= 15 is 0 Å². The summed E-state index contributed by atoms with van der Waals surface area (Å²) < 4.78 is 5.36. The lowest BCUT2D eigenvalue weighted by molar-refractivity contribution is -0.136. The zero-order valence-corrected chi connectivity index (χ0v) is 11.8. The van der Waals surface area contributed by atoms with Crippen LogP contribution < -0.4 is 10.6 Å². The molecule has 1 saturated heterocycles. The first-order valence-corrected chi connectivity index (χ1v) is 7.07. The monoisotopic (exact) mass is 292 g/mol. The Morgan fingerprint density at radius 2 is 2.05 bits per heavy atom. The molecule has 1 aromatic carbocycles. The first-order valence-electron chi connectivity index (χ1n) is 7.07. The molecule has 2 rings (SSSR count). The summed E-state index contributed by atoms with van der Waals surface area (Å²) in [4.78, 5) is 22.3. The van der Waals surface area contributed by atoms with Crippen LogP contribution in [0.15, 0.2) is 24.3 Å². The summed E-state index contributed by atoms with van der Waals surface area (Å²) in [5.41, 5.74) is 1.34. The summed E-state index contributed by atoms with van der Waals surface area (Å²) in [5, 5.41) is 14.2. The van der Waals surface area contributed by atoms with Crippen molar-refractivity contribution in [2.45, 2.75) is 19.3 Å². The number of carboxylic acids is 1. The highest BCUT2D eigenvalue weighted by Crippen LogP contribution is 2.13. The molecule has 1 aliphatic heterocycles. The molecule has 6 heteroatoms. The smallest absolute Gasteiger partial charge is 0.319 e. The van der Waals surface area contributed by atoms with Gasteiger partial charge >= 0.3 is 12.0 Å². The second kappa shape index (κ2) is 7.64. The molecule has 0 spiro atoms. The van der Waals surface area contributed by atoms with Crippen molar-refractivity contribution in [1.82, 2.24) is 5.32 Å². The Bertz CT molecular complexity index is 481. The molecule has 0 radical (unpaired) electrons. The molecule has 1 atom stereocenters. The predicted molar refractivity (Wildman–Crippen MR) is 78.3 cm³/mol. The van der Waals surface area contributed by atoms with Gasteiger partial charge in [-0.3, -0.25) is 4.79 Å². The van der Waals surface area contributed by atoms with Crippen LogP contribution in [0.25, 0.3) is 0 Å². The second-order valence-electron chi connectivity index (χ2n) is 5.19. The summed E-state index contributed by atoms with van der Waals surface area (Å²) in [7, 11) is 0. The topological polar surface area (TPSA) is 87.7 Å². The Morgan fingerprint density at radius 3 is 2.67 bits per heavy atom. The fraction of sp³-hybridized carbons (Fsp3) is 0.467. The number of ether oxygens (including phenoxy) is 1. The third-order valence-corrected chi connectivity index (χ3v) is 3.37. The van der Waals surface area contributed by atoms with Gasteiger partial charge in [-0.25, -0.2) is 4.79 Å². The number of carbonyl (C=O) groups excluding carboxylic acids is 1. The minimum Gasteiger partial charge on any atom is -0.481 e. The molecule has 2 amide bonds. The lowest BCUT2D eigenvalue weighted by Crippen LogP contribution is -2.35. The number of carboxylic acid groups (broad SMARTS) is 1. The number of amides is 2. The molecule has 1 fully saturated rings. The maximum atomic E-state index is 11.8. The number of anilines is 1. The molecule has 1 unspecified atom stereocenters. The summed E-state index contributed by atoms with van der Waals surface area (Å²) in [5.74, 6) is -0.495. The number of benzene rings is 1. The Labute approximate surface area is 123 Å². The van der Waals surface area contributed by atoms with E-state index in [4.69, 9.17) is 9.84 Å². The first-order chi connectivity index (χ1) is 10.1. The zero-order valence-electron chi connectivity index (χ0n) is 11.8. The quantitative estimate of drug-likeness (QED) is 0.773. The van der Waals surface area contributed by atoms with Gasteiger partial charge in [-0.2, -0.15) is 0 Å².